The lowest BCUT2D eigenvalue weighted by Crippen LogP contribution is -2.49. The number of benzene rings is 1. The number of nitrogens with zero attached hydrogens (tertiary/aromatic N) is 2. The Hall–Kier alpha value is -2.42. The van der Waals surface area contributed by atoms with Crippen molar-refractivity contribution >= 4 is 17.5 Å². The van der Waals surface area contributed by atoms with Gasteiger partial charge in [-0.2, -0.15) is 0 Å². The summed E-state index contributed by atoms with van der Waals surface area (Å²) in [6.07, 6.45) is 0.464. The molecule has 0 unspecified atom stereocenters. The Balaban J connectivity index is 1.72. The van der Waals surface area contributed by atoms with E-state index in [0.29, 0.717) is 25.3 Å². The SMILES string of the molecule is C=CC(=O)Nc1cc(C(=O)N2C[C@@H](O)[C@H](N3CCOCC3)C2)ccc1O. The number of hydrogen-bond donors (Lipinski definition) is 3. The molecule has 2 heterocycles. The van der Waals surface area contributed by atoms with Crippen molar-refractivity contribution in [3.05, 3.63) is 36.4 Å². The average molecular weight is 361 g/mol. The number of aromatic hydroxyl groups is 1. The van der Waals surface area contributed by atoms with Gasteiger partial charge in [0.05, 0.1) is 31.0 Å². The van der Waals surface area contributed by atoms with Crippen LogP contribution >= 0.6 is 0 Å². The predicted octanol–water partition coefficient (Wildman–Crippen LogP) is 0.0342. The number of carbonyl (C=O) groups excluding carboxylic acids is 2. The minimum absolute atomic E-state index is 0.111. The summed E-state index contributed by atoms with van der Waals surface area (Å²) in [5, 5.41) is 22.7. The monoisotopic (exact) mass is 361 g/mol. The first-order valence-corrected chi connectivity index (χ1v) is 8.55. The molecule has 2 aliphatic heterocycles. The second-order valence-electron chi connectivity index (χ2n) is 6.42. The molecule has 1 aromatic rings. The molecule has 3 rings (SSSR count). The van der Waals surface area contributed by atoms with Gasteiger partial charge in [0.2, 0.25) is 5.91 Å². The number of morpholine rings is 1. The van der Waals surface area contributed by atoms with Gasteiger partial charge in [-0.05, 0) is 24.3 Å². The fourth-order valence-electron chi connectivity index (χ4n) is 3.34. The summed E-state index contributed by atoms with van der Waals surface area (Å²) in [4.78, 5) is 28.0. The zero-order valence-corrected chi connectivity index (χ0v) is 14.4. The number of phenols is 1. The highest BCUT2D eigenvalue weighted by atomic mass is 16.5. The minimum atomic E-state index is -0.617. The summed E-state index contributed by atoms with van der Waals surface area (Å²) in [6, 6.07) is 4.17. The number of anilines is 1. The number of carbonyl (C=O) groups is 2. The van der Waals surface area contributed by atoms with Crippen molar-refractivity contribution < 1.29 is 24.5 Å². The maximum Gasteiger partial charge on any atom is 0.254 e. The van der Waals surface area contributed by atoms with Gasteiger partial charge in [0.15, 0.2) is 0 Å². The third-order valence-corrected chi connectivity index (χ3v) is 4.75. The van der Waals surface area contributed by atoms with Crippen molar-refractivity contribution in [3.8, 4) is 5.75 Å². The highest BCUT2D eigenvalue weighted by Gasteiger charge is 2.38. The van der Waals surface area contributed by atoms with E-state index in [0.717, 1.165) is 19.2 Å². The summed E-state index contributed by atoms with van der Waals surface area (Å²) >= 11 is 0. The van der Waals surface area contributed by atoms with Gasteiger partial charge >= 0.3 is 0 Å². The molecule has 8 heteroatoms. The number of aliphatic hydroxyl groups excluding tert-OH is 1. The van der Waals surface area contributed by atoms with Crippen LogP contribution in [0, 0.1) is 0 Å². The number of ether oxygens (including phenoxy) is 1. The van der Waals surface area contributed by atoms with Crippen molar-refractivity contribution in [1.82, 2.24) is 9.80 Å². The average Bonchev–Trinajstić information content (AvgIpc) is 3.05. The van der Waals surface area contributed by atoms with Crippen LogP contribution in [0.2, 0.25) is 0 Å². The first kappa shape index (κ1) is 18.4. The van der Waals surface area contributed by atoms with Crippen LogP contribution in [0.1, 0.15) is 10.4 Å². The fourth-order valence-corrected chi connectivity index (χ4v) is 3.34. The fraction of sp³-hybridized carbons (Fsp3) is 0.444. The molecule has 2 aliphatic rings. The van der Waals surface area contributed by atoms with Gasteiger partial charge in [-0.15, -0.1) is 0 Å². The molecule has 0 aliphatic carbocycles. The van der Waals surface area contributed by atoms with E-state index in [9.17, 15) is 19.8 Å². The van der Waals surface area contributed by atoms with E-state index in [1.54, 1.807) is 4.90 Å². The second-order valence-corrected chi connectivity index (χ2v) is 6.42. The number of hydrogen-bond acceptors (Lipinski definition) is 6. The highest BCUT2D eigenvalue weighted by molar-refractivity contribution is 6.02. The molecular weight excluding hydrogens is 338 g/mol. The van der Waals surface area contributed by atoms with E-state index in [4.69, 9.17) is 4.74 Å². The lowest BCUT2D eigenvalue weighted by atomic mass is 10.1. The number of aliphatic hydroxyl groups is 1. The van der Waals surface area contributed by atoms with Gasteiger partial charge in [0.25, 0.3) is 5.91 Å². The molecular formula is C18H23N3O5. The van der Waals surface area contributed by atoms with Crippen molar-refractivity contribution in [1.29, 1.82) is 0 Å². The molecule has 2 amide bonds. The van der Waals surface area contributed by atoms with Crippen LogP contribution in [0.4, 0.5) is 5.69 Å². The van der Waals surface area contributed by atoms with Gasteiger partial charge in [-0.3, -0.25) is 14.5 Å². The first-order valence-electron chi connectivity index (χ1n) is 8.55. The molecule has 2 saturated heterocycles. The van der Waals surface area contributed by atoms with Crippen molar-refractivity contribution in [2.24, 2.45) is 0 Å². The molecule has 0 saturated carbocycles. The Labute approximate surface area is 151 Å². The van der Waals surface area contributed by atoms with E-state index in [1.807, 2.05) is 0 Å². The van der Waals surface area contributed by atoms with Crippen LogP contribution in [0.15, 0.2) is 30.9 Å². The van der Waals surface area contributed by atoms with E-state index < -0.39 is 12.0 Å². The predicted molar refractivity (Wildman–Crippen MR) is 95.0 cm³/mol. The summed E-state index contributed by atoms with van der Waals surface area (Å²) in [7, 11) is 0. The minimum Gasteiger partial charge on any atom is -0.506 e. The van der Waals surface area contributed by atoms with Crippen molar-refractivity contribution in [3.63, 3.8) is 0 Å². The molecule has 0 bridgehead atoms. The Morgan fingerprint density at radius 2 is 2.00 bits per heavy atom. The van der Waals surface area contributed by atoms with Crippen LogP contribution in [0.3, 0.4) is 0 Å². The van der Waals surface area contributed by atoms with Gasteiger partial charge < -0.3 is 25.2 Å². The van der Waals surface area contributed by atoms with Crippen LogP contribution in [0.5, 0.6) is 5.75 Å². The number of likely N-dealkylation sites (tertiary alicyclic amines) is 1. The zero-order chi connectivity index (χ0) is 18.7. The molecule has 0 radical (unpaired) electrons. The third-order valence-electron chi connectivity index (χ3n) is 4.75. The number of rotatable bonds is 4. The molecule has 140 valence electrons. The van der Waals surface area contributed by atoms with Crippen molar-refractivity contribution in [2.45, 2.75) is 12.1 Å². The quantitative estimate of drug-likeness (QED) is 0.517. The number of phenolic OH excluding ortho intramolecular Hbond substituents is 1. The van der Waals surface area contributed by atoms with Gasteiger partial charge in [-0.25, -0.2) is 0 Å². The Bertz CT molecular complexity index is 702. The van der Waals surface area contributed by atoms with Gasteiger partial charge in [0.1, 0.15) is 5.75 Å². The molecule has 26 heavy (non-hydrogen) atoms. The second kappa shape index (κ2) is 7.86. The van der Waals surface area contributed by atoms with E-state index >= 15 is 0 Å². The summed E-state index contributed by atoms with van der Waals surface area (Å²) in [5.74, 6) is -0.868. The Morgan fingerprint density at radius 3 is 2.69 bits per heavy atom. The third kappa shape index (κ3) is 3.87. The normalized spacial score (nSPS) is 23.7. The first-order chi connectivity index (χ1) is 12.5. The highest BCUT2D eigenvalue weighted by Crippen LogP contribution is 2.26. The molecule has 0 spiro atoms. The number of nitrogens with one attached hydrogen (secondary N) is 1. The van der Waals surface area contributed by atoms with Gasteiger partial charge in [-0.1, -0.05) is 6.58 Å². The molecule has 2 fully saturated rings. The Kier molecular flexibility index (Phi) is 5.55. The summed E-state index contributed by atoms with van der Waals surface area (Å²) in [5.41, 5.74) is 0.474. The van der Waals surface area contributed by atoms with Crippen LogP contribution in [-0.2, 0) is 9.53 Å². The molecule has 1 aromatic carbocycles. The molecule has 3 N–H and O–H groups in total. The van der Waals surface area contributed by atoms with Gasteiger partial charge in [0, 0.05) is 31.7 Å². The lowest BCUT2D eigenvalue weighted by molar-refractivity contribution is -0.111. The van der Waals surface area contributed by atoms with Crippen LogP contribution in [-0.4, -0.2) is 83.4 Å². The summed E-state index contributed by atoms with van der Waals surface area (Å²) in [6.45, 7) is 6.76. The molecule has 0 aromatic heterocycles. The molecule has 2 atom stereocenters. The molecule has 8 nitrogen and oxygen atoms in total. The largest absolute Gasteiger partial charge is 0.506 e. The lowest BCUT2D eigenvalue weighted by Gasteiger charge is -2.33. The van der Waals surface area contributed by atoms with Crippen molar-refractivity contribution in [2.75, 3.05) is 44.7 Å². The van der Waals surface area contributed by atoms with Crippen LogP contribution in [0.25, 0.3) is 0 Å². The summed E-state index contributed by atoms with van der Waals surface area (Å²) < 4.78 is 5.33. The maximum atomic E-state index is 12.8. The number of amides is 2. The number of β-amino-alcohol motifs (C(OH)–C–C–N with tert-alkyl or cyclic N) is 1. The zero-order valence-electron chi connectivity index (χ0n) is 14.4. The van der Waals surface area contributed by atoms with E-state index in [-0.39, 0.29) is 29.9 Å². The smallest absolute Gasteiger partial charge is 0.254 e. The maximum absolute atomic E-state index is 12.8. The standard InChI is InChI=1S/C18H23N3O5/c1-2-17(24)19-13-9-12(3-4-15(13)22)18(25)21-10-14(16(23)11-21)20-5-7-26-8-6-20/h2-4,9,14,16,22-23H,1,5-8,10-11H2,(H,19,24)/t14-,16-/m1/s1. The van der Waals surface area contributed by atoms with Crippen LogP contribution < -0.4 is 5.32 Å². The Morgan fingerprint density at radius 1 is 1.27 bits per heavy atom. The van der Waals surface area contributed by atoms with E-state index in [2.05, 4.69) is 16.8 Å². The van der Waals surface area contributed by atoms with E-state index in [1.165, 1.54) is 18.2 Å². The topological polar surface area (TPSA) is 102 Å².